The van der Waals surface area contributed by atoms with Crippen LogP contribution >= 0.6 is 11.6 Å². The van der Waals surface area contributed by atoms with Gasteiger partial charge in [-0.15, -0.1) is 0 Å². The van der Waals surface area contributed by atoms with Crippen molar-refractivity contribution in [1.29, 1.82) is 0 Å². The molecule has 1 heterocycles. The lowest BCUT2D eigenvalue weighted by Crippen LogP contribution is -2.06. The van der Waals surface area contributed by atoms with Crippen LogP contribution < -0.4 is 0 Å². The molecule has 1 fully saturated rings. The Bertz CT molecular complexity index is 555. The highest BCUT2D eigenvalue weighted by molar-refractivity contribution is 6.30. The van der Waals surface area contributed by atoms with Crippen molar-refractivity contribution in [3.05, 3.63) is 70.7 Å². The second-order valence-corrected chi connectivity index (χ2v) is 5.61. The largest absolute Gasteiger partial charge is 0.383 e. The van der Waals surface area contributed by atoms with E-state index in [1.165, 1.54) is 11.1 Å². The summed E-state index contributed by atoms with van der Waals surface area (Å²) in [6, 6.07) is 19.6. The molecule has 0 radical (unpaired) electrons. The van der Waals surface area contributed by atoms with Gasteiger partial charge in [-0.2, -0.15) is 0 Å². The molecule has 3 rings (SSSR count). The lowest BCUT2D eigenvalue weighted by Gasteiger charge is -2.04. The van der Waals surface area contributed by atoms with Crippen molar-refractivity contribution in [3.8, 4) is 0 Å². The van der Waals surface area contributed by atoms with Gasteiger partial charge in [0.2, 0.25) is 0 Å². The van der Waals surface area contributed by atoms with Crippen LogP contribution in [-0.4, -0.2) is 24.7 Å². The molecule has 0 saturated carbocycles. The van der Waals surface area contributed by atoms with Crippen molar-refractivity contribution in [2.45, 2.75) is 18.6 Å². The number of halogens is 1. The Morgan fingerprint density at radius 1 is 1.05 bits per heavy atom. The zero-order valence-electron chi connectivity index (χ0n) is 11.5. The molecule has 2 aromatic rings. The monoisotopic (exact) mass is 287 g/mol. The molecular formula is C17H18ClNO. The van der Waals surface area contributed by atoms with Crippen LogP contribution in [0.25, 0.3) is 0 Å². The standard InChI is InChI=1S/C17H18ClNO/c1-20-12-16-17(14-7-9-15(18)10-8-14)19(16)11-13-5-3-2-4-6-13/h2-10,16-17H,11-12H2,1H3/t16-,17-,19?/m1/s1. The third-order valence-electron chi connectivity index (χ3n) is 3.81. The predicted molar refractivity (Wildman–Crippen MR) is 81.8 cm³/mol. The summed E-state index contributed by atoms with van der Waals surface area (Å²) in [5.74, 6) is 0. The number of benzene rings is 2. The van der Waals surface area contributed by atoms with Crippen molar-refractivity contribution >= 4 is 11.6 Å². The fourth-order valence-corrected chi connectivity index (χ4v) is 2.90. The second-order valence-electron chi connectivity index (χ2n) is 5.18. The topological polar surface area (TPSA) is 12.2 Å². The summed E-state index contributed by atoms with van der Waals surface area (Å²) in [4.78, 5) is 2.46. The molecule has 0 aliphatic carbocycles. The molecular weight excluding hydrogens is 270 g/mol. The van der Waals surface area contributed by atoms with Gasteiger partial charge in [0.25, 0.3) is 0 Å². The van der Waals surface area contributed by atoms with E-state index < -0.39 is 0 Å². The van der Waals surface area contributed by atoms with E-state index in [1.807, 2.05) is 12.1 Å². The van der Waals surface area contributed by atoms with E-state index in [0.29, 0.717) is 12.1 Å². The number of nitrogens with zero attached hydrogens (tertiary/aromatic N) is 1. The van der Waals surface area contributed by atoms with Gasteiger partial charge in [-0.1, -0.05) is 54.1 Å². The number of methoxy groups -OCH3 is 1. The summed E-state index contributed by atoms with van der Waals surface area (Å²) >= 11 is 5.96. The lowest BCUT2D eigenvalue weighted by molar-refractivity contribution is 0.187. The van der Waals surface area contributed by atoms with Crippen LogP contribution in [0, 0.1) is 0 Å². The summed E-state index contributed by atoms with van der Waals surface area (Å²) in [6.07, 6.45) is 0. The normalized spacial score (nSPS) is 24.6. The molecule has 0 amide bonds. The Balaban J connectivity index is 1.74. The Hall–Kier alpha value is -1.35. The minimum Gasteiger partial charge on any atom is -0.383 e. The van der Waals surface area contributed by atoms with Crippen LogP contribution in [0.5, 0.6) is 0 Å². The highest BCUT2D eigenvalue weighted by atomic mass is 35.5. The average Bonchev–Trinajstić information content (AvgIpc) is 3.14. The fraction of sp³-hybridized carbons (Fsp3) is 0.294. The Morgan fingerprint density at radius 2 is 1.75 bits per heavy atom. The number of hydrogen-bond acceptors (Lipinski definition) is 2. The summed E-state index contributed by atoms with van der Waals surface area (Å²) < 4.78 is 5.34. The van der Waals surface area contributed by atoms with E-state index in [4.69, 9.17) is 16.3 Å². The highest BCUT2D eigenvalue weighted by Gasteiger charge is 2.47. The Morgan fingerprint density at radius 3 is 2.40 bits per heavy atom. The maximum atomic E-state index is 5.96. The summed E-state index contributed by atoms with van der Waals surface area (Å²) in [5.41, 5.74) is 2.65. The SMILES string of the molecule is COC[C@@H]1[C@@H](c2ccc(Cl)cc2)N1Cc1ccccc1. The zero-order chi connectivity index (χ0) is 13.9. The maximum Gasteiger partial charge on any atom is 0.0637 e. The molecule has 0 spiro atoms. The second kappa shape index (κ2) is 5.96. The smallest absolute Gasteiger partial charge is 0.0637 e. The van der Waals surface area contributed by atoms with E-state index >= 15 is 0 Å². The number of hydrogen-bond donors (Lipinski definition) is 0. The van der Waals surface area contributed by atoms with Gasteiger partial charge in [0, 0.05) is 18.7 Å². The molecule has 104 valence electrons. The molecule has 20 heavy (non-hydrogen) atoms. The van der Waals surface area contributed by atoms with Crippen LogP contribution in [0.4, 0.5) is 0 Å². The van der Waals surface area contributed by atoms with Crippen LogP contribution in [0.1, 0.15) is 17.2 Å². The third kappa shape index (κ3) is 2.88. The van der Waals surface area contributed by atoms with Crippen LogP contribution in [0.3, 0.4) is 0 Å². The van der Waals surface area contributed by atoms with Gasteiger partial charge in [-0.05, 0) is 23.3 Å². The average molecular weight is 288 g/mol. The van der Waals surface area contributed by atoms with E-state index in [0.717, 1.165) is 18.2 Å². The van der Waals surface area contributed by atoms with Crippen molar-refractivity contribution in [3.63, 3.8) is 0 Å². The van der Waals surface area contributed by atoms with Crippen molar-refractivity contribution in [2.24, 2.45) is 0 Å². The Labute approximate surface area is 124 Å². The van der Waals surface area contributed by atoms with E-state index in [1.54, 1.807) is 7.11 Å². The van der Waals surface area contributed by atoms with Crippen LogP contribution in [-0.2, 0) is 11.3 Å². The molecule has 0 N–H and O–H groups in total. The Kier molecular flexibility index (Phi) is 4.06. The van der Waals surface area contributed by atoms with Crippen molar-refractivity contribution in [2.75, 3.05) is 13.7 Å². The first-order chi connectivity index (χ1) is 9.79. The van der Waals surface area contributed by atoms with E-state index in [9.17, 15) is 0 Å². The molecule has 0 aromatic heterocycles. The zero-order valence-corrected chi connectivity index (χ0v) is 12.3. The molecule has 2 aromatic carbocycles. The van der Waals surface area contributed by atoms with Crippen LogP contribution in [0.15, 0.2) is 54.6 Å². The molecule has 3 atom stereocenters. The quantitative estimate of drug-likeness (QED) is 0.773. The van der Waals surface area contributed by atoms with E-state index in [2.05, 4.69) is 47.4 Å². The lowest BCUT2D eigenvalue weighted by atomic mass is 10.1. The number of rotatable bonds is 5. The van der Waals surface area contributed by atoms with Gasteiger partial charge in [-0.25, -0.2) is 0 Å². The van der Waals surface area contributed by atoms with Crippen molar-refractivity contribution < 1.29 is 4.74 Å². The van der Waals surface area contributed by atoms with Gasteiger partial charge in [-0.3, -0.25) is 4.90 Å². The van der Waals surface area contributed by atoms with Gasteiger partial charge in [0.05, 0.1) is 18.7 Å². The first-order valence-electron chi connectivity index (χ1n) is 6.83. The van der Waals surface area contributed by atoms with Crippen LogP contribution in [0.2, 0.25) is 5.02 Å². The minimum atomic E-state index is 0.437. The molecule has 1 aliphatic heterocycles. The van der Waals surface area contributed by atoms with Gasteiger partial charge in [0.1, 0.15) is 0 Å². The van der Waals surface area contributed by atoms with E-state index in [-0.39, 0.29) is 0 Å². The van der Waals surface area contributed by atoms with Crippen molar-refractivity contribution in [1.82, 2.24) is 4.90 Å². The third-order valence-corrected chi connectivity index (χ3v) is 4.07. The summed E-state index contributed by atoms with van der Waals surface area (Å²) in [7, 11) is 1.76. The first-order valence-corrected chi connectivity index (χ1v) is 7.21. The predicted octanol–water partition coefficient (Wildman–Crippen LogP) is 3.91. The summed E-state index contributed by atoms with van der Waals surface area (Å²) in [5, 5.41) is 0.785. The molecule has 3 heteroatoms. The van der Waals surface area contributed by atoms with Gasteiger partial charge >= 0.3 is 0 Å². The number of ether oxygens (including phenoxy) is 1. The summed E-state index contributed by atoms with van der Waals surface area (Å²) in [6.45, 7) is 1.72. The molecule has 1 saturated heterocycles. The highest BCUT2D eigenvalue weighted by Crippen LogP contribution is 2.44. The fourth-order valence-electron chi connectivity index (χ4n) is 2.77. The maximum absolute atomic E-state index is 5.96. The molecule has 2 nitrogen and oxygen atoms in total. The molecule has 0 bridgehead atoms. The molecule has 1 aliphatic rings. The minimum absolute atomic E-state index is 0.437. The molecule has 1 unspecified atom stereocenters. The van der Waals surface area contributed by atoms with Gasteiger partial charge < -0.3 is 4.74 Å². The first kappa shape index (κ1) is 13.6. The van der Waals surface area contributed by atoms with Gasteiger partial charge in [0.15, 0.2) is 0 Å².